The Morgan fingerprint density at radius 2 is 2.05 bits per heavy atom. The smallest absolute Gasteiger partial charge is 0.251 e. The topological polar surface area (TPSA) is 55.1 Å². The van der Waals surface area contributed by atoms with E-state index in [0.717, 1.165) is 4.47 Å². The van der Waals surface area contributed by atoms with Crippen molar-refractivity contribution in [3.8, 4) is 0 Å². The van der Waals surface area contributed by atoms with Crippen molar-refractivity contribution in [3.05, 3.63) is 63.9 Å². The number of halogens is 2. The zero-order valence-corrected chi connectivity index (χ0v) is 12.4. The second-order valence-electron chi connectivity index (χ2n) is 4.49. The van der Waals surface area contributed by atoms with Gasteiger partial charge in [0.25, 0.3) is 5.91 Å². The standard InChI is InChI=1S/C15H14BrFN2O/c1-9(10-3-2-4-12(17)7-10)19-15(20)11-5-6-13(16)14(18)8-11/h2-9H,18H2,1H3,(H,19,20)/t9-/m1/s1. The molecule has 0 heterocycles. The van der Waals surface area contributed by atoms with Crippen LogP contribution in [0.1, 0.15) is 28.9 Å². The number of benzene rings is 2. The van der Waals surface area contributed by atoms with E-state index in [0.29, 0.717) is 16.8 Å². The molecule has 20 heavy (non-hydrogen) atoms. The van der Waals surface area contributed by atoms with Crippen molar-refractivity contribution in [2.24, 2.45) is 0 Å². The van der Waals surface area contributed by atoms with E-state index in [1.807, 2.05) is 0 Å². The van der Waals surface area contributed by atoms with Gasteiger partial charge in [-0.1, -0.05) is 12.1 Å². The predicted octanol–water partition coefficient (Wildman–Crippen LogP) is 3.66. The van der Waals surface area contributed by atoms with Gasteiger partial charge in [0, 0.05) is 15.7 Å². The molecule has 0 aliphatic heterocycles. The number of hydrogen-bond donors (Lipinski definition) is 2. The van der Waals surface area contributed by atoms with Crippen LogP contribution in [0.2, 0.25) is 0 Å². The molecule has 0 radical (unpaired) electrons. The highest BCUT2D eigenvalue weighted by Crippen LogP contribution is 2.21. The second kappa shape index (κ2) is 6.05. The molecule has 1 atom stereocenters. The zero-order chi connectivity index (χ0) is 14.7. The number of hydrogen-bond acceptors (Lipinski definition) is 2. The van der Waals surface area contributed by atoms with Crippen LogP contribution >= 0.6 is 15.9 Å². The van der Waals surface area contributed by atoms with Gasteiger partial charge in [-0.05, 0) is 58.7 Å². The average molecular weight is 337 g/mol. The van der Waals surface area contributed by atoms with Crippen LogP contribution < -0.4 is 11.1 Å². The number of rotatable bonds is 3. The third-order valence-corrected chi connectivity index (χ3v) is 3.68. The summed E-state index contributed by atoms with van der Waals surface area (Å²) >= 11 is 3.28. The van der Waals surface area contributed by atoms with Crippen LogP contribution in [0.5, 0.6) is 0 Å². The summed E-state index contributed by atoms with van der Waals surface area (Å²) in [6.07, 6.45) is 0. The van der Waals surface area contributed by atoms with Gasteiger partial charge in [-0.3, -0.25) is 4.79 Å². The summed E-state index contributed by atoms with van der Waals surface area (Å²) in [5, 5.41) is 2.81. The molecule has 0 saturated heterocycles. The first-order chi connectivity index (χ1) is 9.47. The quantitative estimate of drug-likeness (QED) is 0.840. The first-order valence-electron chi connectivity index (χ1n) is 6.08. The van der Waals surface area contributed by atoms with E-state index < -0.39 is 0 Å². The third-order valence-electron chi connectivity index (χ3n) is 2.95. The summed E-state index contributed by atoms with van der Waals surface area (Å²) in [7, 11) is 0. The molecule has 0 spiro atoms. The van der Waals surface area contributed by atoms with E-state index in [2.05, 4.69) is 21.2 Å². The second-order valence-corrected chi connectivity index (χ2v) is 5.34. The van der Waals surface area contributed by atoms with Gasteiger partial charge in [-0.15, -0.1) is 0 Å². The van der Waals surface area contributed by atoms with E-state index in [9.17, 15) is 9.18 Å². The first kappa shape index (κ1) is 14.5. The molecule has 2 rings (SSSR count). The fraction of sp³-hybridized carbons (Fsp3) is 0.133. The lowest BCUT2D eigenvalue weighted by Crippen LogP contribution is -2.26. The number of anilines is 1. The molecule has 2 aromatic carbocycles. The van der Waals surface area contributed by atoms with Gasteiger partial charge in [0.15, 0.2) is 0 Å². The van der Waals surface area contributed by atoms with Gasteiger partial charge in [-0.25, -0.2) is 4.39 Å². The molecule has 3 N–H and O–H groups in total. The highest BCUT2D eigenvalue weighted by molar-refractivity contribution is 9.10. The predicted molar refractivity (Wildman–Crippen MR) is 80.8 cm³/mol. The number of nitrogens with one attached hydrogen (secondary N) is 1. The largest absolute Gasteiger partial charge is 0.398 e. The Kier molecular flexibility index (Phi) is 4.39. The van der Waals surface area contributed by atoms with E-state index in [1.54, 1.807) is 37.3 Å². The van der Waals surface area contributed by atoms with Gasteiger partial charge in [0.1, 0.15) is 5.82 Å². The minimum Gasteiger partial charge on any atom is -0.398 e. The highest BCUT2D eigenvalue weighted by Gasteiger charge is 2.12. The van der Waals surface area contributed by atoms with E-state index in [4.69, 9.17) is 5.73 Å². The monoisotopic (exact) mass is 336 g/mol. The van der Waals surface area contributed by atoms with Gasteiger partial charge in [0.2, 0.25) is 0 Å². The number of carbonyl (C=O) groups is 1. The summed E-state index contributed by atoms with van der Waals surface area (Å²) in [6, 6.07) is 10.9. The SMILES string of the molecule is C[C@@H](NC(=O)c1ccc(Br)c(N)c1)c1cccc(F)c1. The van der Waals surface area contributed by atoms with Crippen molar-refractivity contribution in [2.75, 3.05) is 5.73 Å². The molecule has 0 aromatic heterocycles. The van der Waals surface area contributed by atoms with Gasteiger partial charge in [0.05, 0.1) is 6.04 Å². The van der Waals surface area contributed by atoms with Crippen LogP contribution in [-0.4, -0.2) is 5.91 Å². The van der Waals surface area contributed by atoms with Gasteiger partial charge >= 0.3 is 0 Å². The third kappa shape index (κ3) is 3.36. The summed E-state index contributed by atoms with van der Waals surface area (Å²) in [6.45, 7) is 1.80. The zero-order valence-electron chi connectivity index (χ0n) is 10.9. The Hall–Kier alpha value is -1.88. The molecule has 0 aliphatic carbocycles. The molecule has 0 fully saturated rings. The molecule has 5 heteroatoms. The van der Waals surface area contributed by atoms with Crippen molar-refractivity contribution in [3.63, 3.8) is 0 Å². The number of amides is 1. The van der Waals surface area contributed by atoms with Crippen LogP contribution in [0.3, 0.4) is 0 Å². The summed E-state index contributed by atoms with van der Waals surface area (Å²) in [5.74, 6) is -0.572. The maximum Gasteiger partial charge on any atom is 0.251 e. The molecule has 0 bridgehead atoms. The highest BCUT2D eigenvalue weighted by atomic mass is 79.9. The molecular weight excluding hydrogens is 323 g/mol. The molecule has 3 nitrogen and oxygen atoms in total. The first-order valence-corrected chi connectivity index (χ1v) is 6.88. The van der Waals surface area contributed by atoms with Crippen LogP contribution in [0.4, 0.5) is 10.1 Å². The van der Waals surface area contributed by atoms with Crippen LogP contribution in [0, 0.1) is 5.82 Å². The molecule has 104 valence electrons. The van der Waals surface area contributed by atoms with Gasteiger partial charge < -0.3 is 11.1 Å². The lowest BCUT2D eigenvalue weighted by atomic mass is 10.1. The summed E-state index contributed by atoms with van der Waals surface area (Å²) in [5.41, 5.74) is 7.42. The molecule has 0 saturated carbocycles. The maximum atomic E-state index is 13.2. The fourth-order valence-corrected chi connectivity index (χ4v) is 2.07. The van der Waals surface area contributed by atoms with Crippen molar-refractivity contribution < 1.29 is 9.18 Å². The van der Waals surface area contributed by atoms with Crippen molar-refractivity contribution in [2.45, 2.75) is 13.0 Å². The lowest BCUT2D eigenvalue weighted by molar-refractivity contribution is 0.0940. The molecule has 0 aliphatic rings. The van der Waals surface area contributed by atoms with E-state index >= 15 is 0 Å². The Balaban J connectivity index is 2.13. The lowest BCUT2D eigenvalue weighted by Gasteiger charge is -2.14. The minimum atomic E-state index is -0.323. The van der Waals surface area contributed by atoms with E-state index in [-0.39, 0.29) is 17.8 Å². The Morgan fingerprint density at radius 3 is 2.70 bits per heavy atom. The van der Waals surface area contributed by atoms with Crippen molar-refractivity contribution >= 4 is 27.5 Å². The molecular formula is C15H14BrFN2O. The van der Waals surface area contributed by atoms with Crippen LogP contribution in [0.25, 0.3) is 0 Å². The maximum absolute atomic E-state index is 13.2. The fourth-order valence-electron chi connectivity index (χ4n) is 1.82. The van der Waals surface area contributed by atoms with Crippen molar-refractivity contribution in [1.29, 1.82) is 0 Å². The Morgan fingerprint density at radius 1 is 1.30 bits per heavy atom. The molecule has 1 amide bonds. The molecule has 0 unspecified atom stereocenters. The number of nitrogen functional groups attached to an aromatic ring is 1. The average Bonchev–Trinajstić information content (AvgIpc) is 2.41. The van der Waals surface area contributed by atoms with E-state index in [1.165, 1.54) is 12.1 Å². The minimum absolute atomic E-state index is 0.249. The van der Waals surface area contributed by atoms with Crippen LogP contribution in [0.15, 0.2) is 46.9 Å². The normalized spacial score (nSPS) is 11.9. The molecule has 2 aromatic rings. The number of nitrogens with two attached hydrogens (primary N) is 1. The van der Waals surface area contributed by atoms with Crippen molar-refractivity contribution in [1.82, 2.24) is 5.32 Å². The van der Waals surface area contributed by atoms with Gasteiger partial charge in [-0.2, -0.15) is 0 Å². The Bertz CT molecular complexity index is 646. The summed E-state index contributed by atoms with van der Waals surface area (Å²) < 4.78 is 13.9. The number of carbonyl (C=O) groups excluding carboxylic acids is 1. The summed E-state index contributed by atoms with van der Waals surface area (Å²) in [4.78, 5) is 12.1. The Labute approximate surface area is 125 Å². The van der Waals surface area contributed by atoms with Crippen LogP contribution in [-0.2, 0) is 0 Å².